The zero-order valence-electron chi connectivity index (χ0n) is 15.9. The van der Waals surface area contributed by atoms with E-state index in [0.717, 1.165) is 12.1 Å². The minimum absolute atomic E-state index is 0.191. The highest BCUT2D eigenvalue weighted by molar-refractivity contribution is 6.31. The van der Waals surface area contributed by atoms with Crippen LogP contribution in [-0.4, -0.2) is 41.0 Å². The SMILES string of the molecule is C[C@@H]1C(=O)NCCN1C(=O)NC(c1ccc(F)c(Cl)c1)c1ccc(Cl)c(C(F)(F)F)n1. The predicted molar refractivity (Wildman–Crippen MR) is 105 cm³/mol. The van der Waals surface area contributed by atoms with Crippen LogP contribution in [0.5, 0.6) is 0 Å². The van der Waals surface area contributed by atoms with Crippen molar-refractivity contribution in [1.82, 2.24) is 20.5 Å². The lowest BCUT2D eigenvalue weighted by Crippen LogP contribution is -2.58. The molecule has 1 aliphatic heterocycles. The standard InChI is InChI=1S/C19H16Cl2F4N4O2/c1-9-17(30)26-6-7-29(9)18(31)28-15(10-2-4-13(22)12(21)8-10)14-5-3-11(20)16(27-14)19(23,24)25/h2-5,8-9,15H,6-7H2,1H3,(H,26,30)(H,28,31)/t9-,15?/m1/s1. The Bertz CT molecular complexity index is 1020. The number of aromatic nitrogens is 1. The topological polar surface area (TPSA) is 74.3 Å². The Morgan fingerprint density at radius 3 is 2.61 bits per heavy atom. The smallest absolute Gasteiger partial charge is 0.353 e. The van der Waals surface area contributed by atoms with Crippen molar-refractivity contribution >= 4 is 35.1 Å². The van der Waals surface area contributed by atoms with E-state index in [2.05, 4.69) is 15.6 Å². The van der Waals surface area contributed by atoms with E-state index in [4.69, 9.17) is 23.2 Å². The minimum Gasteiger partial charge on any atom is -0.353 e. The molecule has 166 valence electrons. The number of pyridine rings is 1. The maximum Gasteiger partial charge on any atom is 0.434 e. The van der Waals surface area contributed by atoms with Crippen molar-refractivity contribution in [3.63, 3.8) is 0 Å². The van der Waals surface area contributed by atoms with Gasteiger partial charge in [0.05, 0.1) is 21.8 Å². The number of rotatable bonds is 3. The number of amides is 3. The molecule has 0 spiro atoms. The molecule has 2 atom stereocenters. The number of benzene rings is 1. The van der Waals surface area contributed by atoms with Crippen LogP contribution in [0.15, 0.2) is 30.3 Å². The van der Waals surface area contributed by atoms with E-state index in [9.17, 15) is 27.2 Å². The molecule has 31 heavy (non-hydrogen) atoms. The Kier molecular flexibility index (Phi) is 6.61. The van der Waals surface area contributed by atoms with Crippen LogP contribution in [0, 0.1) is 5.82 Å². The second-order valence-electron chi connectivity index (χ2n) is 6.78. The van der Waals surface area contributed by atoms with Crippen molar-refractivity contribution in [1.29, 1.82) is 0 Å². The number of carbonyl (C=O) groups excluding carboxylic acids is 2. The maximum absolute atomic E-state index is 13.6. The quantitative estimate of drug-likeness (QED) is 0.650. The molecule has 0 bridgehead atoms. The summed E-state index contributed by atoms with van der Waals surface area (Å²) in [6.07, 6.45) is -4.83. The number of hydrogen-bond acceptors (Lipinski definition) is 3. The first-order valence-electron chi connectivity index (χ1n) is 9.02. The molecule has 3 amide bonds. The molecule has 3 rings (SSSR count). The van der Waals surface area contributed by atoms with Gasteiger partial charge >= 0.3 is 12.2 Å². The molecule has 1 aromatic heterocycles. The van der Waals surface area contributed by atoms with Crippen molar-refractivity contribution in [2.75, 3.05) is 13.1 Å². The van der Waals surface area contributed by atoms with E-state index < -0.39 is 40.8 Å². The molecular weight excluding hydrogens is 463 g/mol. The minimum atomic E-state index is -4.83. The van der Waals surface area contributed by atoms with Gasteiger partial charge in [0.1, 0.15) is 11.9 Å². The van der Waals surface area contributed by atoms with Gasteiger partial charge < -0.3 is 15.5 Å². The van der Waals surface area contributed by atoms with Gasteiger partial charge in [0, 0.05) is 13.1 Å². The van der Waals surface area contributed by atoms with Crippen LogP contribution in [0.25, 0.3) is 0 Å². The number of alkyl halides is 3. The summed E-state index contributed by atoms with van der Waals surface area (Å²) in [5, 5.41) is 4.28. The average Bonchev–Trinajstić information content (AvgIpc) is 2.70. The number of carbonyl (C=O) groups is 2. The van der Waals surface area contributed by atoms with E-state index in [1.54, 1.807) is 0 Å². The fourth-order valence-electron chi connectivity index (χ4n) is 3.10. The normalized spacial score (nSPS) is 17.8. The van der Waals surface area contributed by atoms with E-state index in [0.29, 0.717) is 0 Å². The average molecular weight is 479 g/mol. The number of hydrogen-bond donors (Lipinski definition) is 2. The Morgan fingerprint density at radius 2 is 1.97 bits per heavy atom. The van der Waals surface area contributed by atoms with Crippen LogP contribution in [0.4, 0.5) is 22.4 Å². The summed E-state index contributed by atoms with van der Waals surface area (Å²) in [5.41, 5.74) is -1.33. The highest BCUT2D eigenvalue weighted by atomic mass is 35.5. The summed E-state index contributed by atoms with van der Waals surface area (Å²) in [6.45, 7) is 1.93. The summed E-state index contributed by atoms with van der Waals surface area (Å²) in [6, 6.07) is 2.96. The summed E-state index contributed by atoms with van der Waals surface area (Å²) < 4.78 is 53.5. The van der Waals surface area contributed by atoms with Gasteiger partial charge in [0.2, 0.25) is 5.91 Å². The molecule has 2 heterocycles. The fraction of sp³-hybridized carbons (Fsp3) is 0.316. The lowest BCUT2D eigenvalue weighted by atomic mass is 10.0. The van der Waals surface area contributed by atoms with Crippen molar-refractivity contribution < 1.29 is 27.2 Å². The Hall–Kier alpha value is -2.59. The van der Waals surface area contributed by atoms with Crippen molar-refractivity contribution in [3.8, 4) is 0 Å². The molecule has 1 fully saturated rings. The lowest BCUT2D eigenvalue weighted by molar-refractivity contribution is -0.141. The summed E-state index contributed by atoms with van der Waals surface area (Å²) in [5.74, 6) is -1.11. The molecular formula is C19H16Cl2F4N4O2. The van der Waals surface area contributed by atoms with E-state index in [-0.39, 0.29) is 35.3 Å². The molecule has 12 heteroatoms. The van der Waals surface area contributed by atoms with Crippen molar-refractivity contribution in [3.05, 3.63) is 63.1 Å². The van der Waals surface area contributed by atoms with E-state index in [1.165, 1.54) is 30.0 Å². The van der Waals surface area contributed by atoms with Gasteiger partial charge in [-0.25, -0.2) is 14.2 Å². The van der Waals surface area contributed by atoms with Gasteiger partial charge in [0.25, 0.3) is 0 Å². The van der Waals surface area contributed by atoms with Crippen molar-refractivity contribution in [2.24, 2.45) is 0 Å². The summed E-state index contributed by atoms with van der Waals surface area (Å²) in [7, 11) is 0. The van der Waals surface area contributed by atoms with Gasteiger partial charge in [-0.15, -0.1) is 0 Å². The zero-order valence-corrected chi connectivity index (χ0v) is 17.4. The van der Waals surface area contributed by atoms with Crippen LogP contribution in [-0.2, 0) is 11.0 Å². The molecule has 0 radical (unpaired) electrons. The highest BCUT2D eigenvalue weighted by Crippen LogP contribution is 2.35. The molecule has 0 aliphatic carbocycles. The van der Waals surface area contributed by atoms with Gasteiger partial charge in [-0.2, -0.15) is 13.2 Å². The van der Waals surface area contributed by atoms with E-state index in [1.807, 2.05) is 0 Å². The lowest BCUT2D eigenvalue weighted by Gasteiger charge is -2.34. The maximum atomic E-state index is 13.6. The van der Waals surface area contributed by atoms with Crippen molar-refractivity contribution in [2.45, 2.75) is 25.2 Å². The first kappa shape index (κ1) is 23.1. The molecule has 1 saturated heterocycles. The van der Waals surface area contributed by atoms with Gasteiger partial charge in [-0.3, -0.25) is 4.79 Å². The number of urea groups is 1. The Morgan fingerprint density at radius 1 is 1.26 bits per heavy atom. The van der Waals surface area contributed by atoms with E-state index >= 15 is 0 Å². The largest absolute Gasteiger partial charge is 0.434 e. The van der Waals surface area contributed by atoms with Gasteiger partial charge in [0.15, 0.2) is 5.69 Å². The third kappa shape index (κ3) is 5.01. The van der Waals surface area contributed by atoms with Gasteiger partial charge in [-0.1, -0.05) is 29.3 Å². The molecule has 1 aliphatic rings. The number of nitrogens with zero attached hydrogens (tertiary/aromatic N) is 2. The zero-order chi connectivity index (χ0) is 22.9. The summed E-state index contributed by atoms with van der Waals surface area (Å²) >= 11 is 11.5. The van der Waals surface area contributed by atoms with Gasteiger partial charge in [-0.05, 0) is 36.8 Å². The van der Waals surface area contributed by atoms with Crippen LogP contribution in [0.2, 0.25) is 10.0 Å². The summed E-state index contributed by atoms with van der Waals surface area (Å²) in [4.78, 5) is 29.6. The first-order valence-corrected chi connectivity index (χ1v) is 9.78. The second-order valence-corrected chi connectivity index (χ2v) is 7.60. The number of nitrogens with one attached hydrogen (secondary N) is 2. The number of piperazine rings is 1. The first-order chi connectivity index (χ1) is 14.5. The van der Waals surface area contributed by atoms with Crippen LogP contribution >= 0.6 is 23.2 Å². The predicted octanol–water partition coefficient (Wildman–Crippen LogP) is 4.17. The third-order valence-electron chi connectivity index (χ3n) is 4.74. The highest BCUT2D eigenvalue weighted by Gasteiger charge is 2.37. The number of halogens is 6. The fourth-order valence-corrected chi connectivity index (χ4v) is 3.50. The molecule has 1 unspecified atom stereocenters. The van der Waals surface area contributed by atoms with Crippen LogP contribution < -0.4 is 10.6 Å². The molecule has 6 nitrogen and oxygen atoms in total. The molecule has 0 saturated carbocycles. The molecule has 2 N–H and O–H groups in total. The molecule has 1 aromatic carbocycles. The monoisotopic (exact) mass is 478 g/mol. The molecule has 2 aromatic rings. The Balaban J connectivity index is 2.03. The van der Waals surface area contributed by atoms with Crippen LogP contribution in [0.1, 0.15) is 29.9 Å². The Labute approximate surface area is 184 Å². The van der Waals surface area contributed by atoms with Crippen LogP contribution in [0.3, 0.4) is 0 Å². The third-order valence-corrected chi connectivity index (χ3v) is 5.33. The second kappa shape index (κ2) is 8.88.